The lowest BCUT2D eigenvalue weighted by Gasteiger charge is -2.14. The van der Waals surface area contributed by atoms with E-state index in [1.165, 1.54) is 23.5 Å². The quantitative estimate of drug-likeness (QED) is 0.634. The fourth-order valence-corrected chi connectivity index (χ4v) is 3.15. The van der Waals surface area contributed by atoms with Gasteiger partial charge in [-0.1, -0.05) is 13.8 Å². The van der Waals surface area contributed by atoms with Gasteiger partial charge in [-0.15, -0.1) is 11.3 Å². The van der Waals surface area contributed by atoms with E-state index in [1.807, 2.05) is 6.92 Å². The van der Waals surface area contributed by atoms with Crippen molar-refractivity contribution in [1.29, 1.82) is 0 Å². The van der Waals surface area contributed by atoms with Crippen molar-refractivity contribution in [3.63, 3.8) is 0 Å². The van der Waals surface area contributed by atoms with Crippen molar-refractivity contribution in [1.82, 2.24) is 5.32 Å². The topological polar surface area (TPSA) is 72.2 Å². The molecule has 1 aromatic carbocycles. The largest absolute Gasteiger partial charge is 0.349 e. The standard InChI is InChI=1S/C16H20N2O3S/c1-10(2)4-5-11(3)17-16(19)15-9-12-8-13(18(20)21)6-7-14(12)22-15/h6-11H,4-5H2,1-3H3,(H,17,19). The van der Waals surface area contributed by atoms with Crippen molar-refractivity contribution < 1.29 is 9.72 Å². The maximum atomic E-state index is 12.3. The number of amides is 1. The second-order valence-electron chi connectivity index (χ2n) is 5.94. The fourth-order valence-electron chi connectivity index (χ4n) is 2.21. The molecule has 22 heavy (non-hydrogen) atoms. The number of nitrogens with one attached hydrogen (secondary N) is 1. The first-order chi connectivity index (χ1) is 10.4. The summed E-state index contributed by atoms with van der Waals surface area (Å²) in [6.07, 6.45) is 2.01. The number of nitrogens with zero attached hydrogens (tertiary/aromatic N) is 1. The molecule has 2 rings (SSSR count). The van der Waals surface area contributed by atoms with Gasteiger partial charge in [-0.3, -0.25) is 14.9 Å². The number of non-ortho nitro benzene ring substituents is 1. The fraction of sp³-hybridized carbons (Fsp3) is 0.438. The molecule has 0 spiro atoms. The SMILES string of the molecule is CC(C)CCC(C)NC(=O)c1cc2cc([N+](=O)[O-])ccc2s1. The van der Waals surface area contributed by atoms with Gasteiger partial charge < -0.3 is 5.32 Å². The summed E-state index contributed by atoms with van der Waals surface area (Å²) in [5.74, 6) is 0.504. The molecule has 2 aromatic rings. The molecule has 0 saturated carbocycles. The lowest BCUT2D eigenvalue weighted by atomic mass is 10.0. The maximum absolute atomic E-state index is 12.3. The van der Waals surface area contributed by atoms with Crippen LogP contribution < -0.4 is 5.32 Å². The van der Waals surface area contributed by atoms with E-state index >= 15 is 0 Å². The van der Waals surface area contributed by atoms with Crippen molar-refractivity contribution >= 4 is 33.0 Å². The minimum Gasteiger partial charge on any atom is -0.349 e. The van der Waals surface area contributed by atoms with E-state index in [0.29, 0.717) is 10.8 Å². The highest BCUT2D eigenvalue weighted by Gasteiger charge is 2.15. The second kappa shape index (κ2) is 6.87. The van der Waals surface area contributed by atoms with Crippen molar-refractivity contribution in [2.45, 2.75) is 39.7 Å². The average molecular weight is 320 g/mol. The van der Waals surface area contributed by atoms with Crippen LogP contribution in [0.3, 0.4) is 0 Å². The number of thiophene rings is 1. The molecule has 0 aliphatic carbocycles. The van der Waals surface area contributed by atoms with Gasteiger partial charge in [-0.2, -0.15) is 0 Å². The molecule has 5 nitrogen and oxygen atoms in total. The van der Waals surface area contributed by atoms with E-state index in [0.717, 1.165) is 22.9 Å². The van der Waals surface area contributed by atoms with Crippen LogP contribution in [-0.4, -0.2) is 16.9 Å². The molecule has 0 fully saturated rings. The zero-order valence-corrected chi connectivity index (χ0v) is 13.8. The van der Waals surface area contributed by atoms with E-state index in [-0.39, 0.29) is 17.6 Å². The van der Waals surface area contributed by atoms with Gasteiger partial charge in [0.05, 0.1) is 9.80 Å². The highest BCUT2D eigenvalue weighted by Crippen LogP contribution is 2.29. The number of carbonyl (C=O) groups is 1. The molecule has 1 heterocycles. The van der Waals surface area contributed by atoms with Crippen molar-refractivity contribution in [3.05, 3.63) is 39.3 Å². The minimum absolute atomic E-state index is 0.0440. The number of nitro groups is 1. The van der Waals surface area contributed by atoms with Crippen LogP contribution in [0.15, 0.2) is 24.3 Å². The van der Waals surface area contributed by atoms with Gasteiger partial charge in [0.1, 0.15) is 0 Å². The summed E-state index contributed by atoms with van der Waals surface area (Å²) < 4.78 is 0.880. The number of carbonyl (C=O) groups excluding carboxylic acids is 1. The summed E-state index contributed by atoms with van der Waals surface area (Å²) in [6, 6.07) is 6.50. The van der Waals surface area contributed by atoms with E-state index < -0.39 is 4.92 Å². The Morgan fingerprint density at radius 2 is 2.00 bits per heavy atom. The van der Waals surface area contributed by atoms with E-state index in [4.69, 9.17) is 0 Å². The van der Waals surface area contributed by atoms with Gasteiger partial charge in [-0.05, 0) is 37.8 Å². The minimum atomic E-state index is -0.426. The molecule has 0 bridgehead atoms. The molecule has 0 saturated heterocycles. The van der Waals surface area contributed by atoms with Gasteiger partial charge >= 0.3 is 0 Å². The Labute approximate surface area is 133 Å². The lowest BCUT2D eigenvalue weighted by molar-refractivity contribution is -0.384. The van der Waals surface area contributed by atoms with Crippen LogP contribution in [0.5, 0.6) is 0 Å². The first-order valence-electron chi connectivity index (χ1n) is 7.35. The number of nitro benzene ring substituents is 1. The summed E-state index contributed by atoms with van der Waals surface area (Å²) in [4.78, 5) is 23.2. The van der Waals surface area contributed by atoms with Crippen molar-refractivity contribution in [2.75, 3.05) is 0 Å². The Bertz CT molecular complexity index is 694. The van der Waals surface area contributed by atoms with Crippen LogP contribution in [0.1, 0.15) is 43.3 Å². The smallest absolute Gasteiger partial charge is 0.270 e. The normalized spacial score (nSPS) is 12.5. The molecule has 0 aliphatic heterocycles. The van der Waals surface area contributed by atoms with E-state index in [9.17, 15) is 14.9 Å². The first-order valence-corrected chi connectivity index (χ1v) is 8.17. The van der Waals surface area contributed by atoms with Gasteiger partial charge in [0.15, 0.2) is 0 Å². The van der Waals surface area contributed by atoms with Crippen molar-refractivity contribution in [3.8, 4) is 0 Å². The highest BCUT2D eigenvalue weighted by atomic mass is 32.1. The summed E-state index contributed by atoms with van der Waals surface area (Å²) in [5, 5.41) is 14.5. The van der Waals surface area contributed by atoms with Crippen LogP contribution in [0.2, 0.25) is 0 Å². The van der Waals surface area contributed by atoms with Gasteiger partial charge in [0.2, 0.25) is 0 Å². The third kappa shape index (κ3) is 4.04. The molecule has 1 atom stereocenters. The molecule has 1 unspecified atom stereocenters. The highest BCUT2D eigenvalue weighted by molar-refractivity contribution is 7.20. The van der Waals surface area contributed by atoms with E-state index in [2.05, 4.69) is 19.2 Å². The Morgan fingerprint density at radius 1 is 1.27 bits per heavy atom. The van der Waals surface area contributed by atoms with Crippen LogP contribution in [0.4, 0.5) is 5.69 Å². The zero-order valence-electron chi connectivity index (χ0n) is 13.0. The van der Waals surface area contributed by atoms with Crippen LogP contribution in [-0.2, 0) is 0 Å². The van der Waals surface area contributed by atoms with Crippen LogP contribution >= 0.6 is 11.3 Å². The van der Waals surface area contributed by atoms with Crippen LogP contribution in [0.25, 0.3) is 10.1 Å². The number of benzene rings is 1. The summed E-state index contributed by atoms with van der Waals surface area (Å²) in [6.45, 7) is 6.32. The number of rotatable bonds is 6. The molecule has 0 radical (unpaired) electrons. The Morgan fingerprint density at radius 3 is 2.64 bits per heavy atom. The Hall–Kier alpha value is -1.95. The number of hydrogen-bond acceptors (Lipinski definition) is 4. The zero-order chi connectivity index (χ0) is 16.3. The molecule has 6 heteroatoms. The third-order valence-electron chi connectivity index (χ3n) is 3.49. The molecule has 1 N–H and O–H groups in total. The molecular weight excluding hydrogens is 300 g/mol. The molecule has 1 aromatic heterocycles. The van der Waals surface area contributed by atoms with Crippen LogP contribution in [0, 0.1) is 16.0 Å². The van der Waals surface area contributed by atoms with E-state index in [1.54, 1.807) is 12.1 Å². The Balaban J connectivity index is 2.10. The molecule has 1 amide bonds. The predicted octanol–water partition coefficient (Wildman–Crippen LogP) is 4.36. The molecule has 118 valence electrons. The number of hydrogen-bond donors (Lipinski definition) is 1. The first kappa shape index (κ1) is 16.4. The summed E-state index contributed by atoms with van der Waals surface area (Å²) in [7, 11) is 0. The van der Waals surface area contributed by atoms with Gasteiger partial charge in [-0.25, -0.2) is 0 Å². The lowest BCUT2D eigenvalue weighted by Crippen LogP contribution is -2.32. The predicted molar refractivity (Wildman–Crippen MR) is 89.5 cm³/mol. The summed E-state index contributed by atoms with van der Waals surface area (Å²) >= 11 is 1.36. The van der Waals surface area contributed by atoms with Gasteiger partial charge in [0, 0.05) is 28.3 Å². The average Bonchev–Trinajstić information content (AvgIpc) is 2.88. The maximum Gasteiger partial charge on any atom is 0.270 e. The Kier molecular flexibility index (Phi) is 5.13. The number of fused-ring (bicyclic) bond motifs is 1. The molecule has 0 aliphatic rings. The second-order valence-corrected chi connectivity index (χ2v) is 7.02. The van der Waals surface area contributed by atoms with Crippen molar-refractivity contribution in [2.24, 2.45) is 5.92 Å². The monoisotopic (exact) mass is 320 g/mol. The summed E-state index contributed by atoms with van der Waals surface area (Å²) in [5.41, 5.74) is 0.0440. The molecular formula is C16H20N2O3S. The third-order valence-corrected chi connectivity index (χ3v) is 4.60. The van der Waals surface area contributed by atoms with Gasteiger partial charge in [0.25, 0.3) is 11.6 Å².